The standard InChI is InChI=1S/C23H30N6O3S/c1-6-16-20(26-17-12-29(13-18(17)32-7-2)23-24-10-11-33-23)22(30)28(4)21(27-16)15-8-9-19(31-5)25-14(15)3/h8-11,17-18,26H,6-7,12-13H2,1-5H3/t17?,18-/m0/s1. The third kappa shape index (κ3) is 4.58. The van der Waals surface area contributed by atoms with Crippen LogP contribution in [0.1, 0.15) is 25.2 Å². The molecule has 1 unspecified atom stereocenters. The highest BCUT2D eigenvalue weighted by atomic mass is 32.1. The van der Waals surface area contributed by atoms with Crippen molar-refractivity contribution < 1.29 is 9.47 Å². The Morgan fingerprint density at radius 3 is 2.70 bits per heavy atom. The second kappa shape index (κ2) is 9.88. The largest absolute Gasteiger partial charge is 0.481 e. The Hall–Kier alpha value is -2.98. The molecule has 0 bridgehead atoms. The topological polar surface area (TPSA) is 94.4 Å². The first-order chi connectivity index (χ1) is 16.0. The lowest BCUT2D eigenvalue weighted by molar-refractivity contribution is 0.0720. The highest BCUT2D eigenvalue weighted by molar-refractivity contribution is 7.13. The number of aryl methyl sites for hydroxylation is 2. The first-order valence-corrected chi connectivity index (χ1v) is 12.0. The van der Waals surface area contributed by atoms with Gasteiger partial charge in [-0.2, -0.15) is 0 Å². The summed E-state index contributed by atoms with van der Waals surface area (Å²) >= 11 is 1.60. The van der Waals surface area contributed by atoms with E-state index in [0.717, 1.165) is 28.6 Å². The van der Waals surface area contributed by atoms with E-state index in [2.05, 4.69) is 20.2 Å². The van der Waals surface area contributed by atoms with Crippen molar-refractivity contribution in [3.8, 4) is 17.3 Å². The molecule has 1 saturated heterocycles. The predicted molar refractivity (Wildman–Crippen MR) is 131 cm³/mol. The minimum Gasteiger partial charge on any atom is -0.481 e. The van der Waals surface area contributed by atoms with Crippen LogP contribution in [-0.2, 0) is 18.2 Å². The van der Waals surface area contributed by atoms with Crippen LogP contribution in [0, 0.1) is 6.92 Å². The van der Waals surface area contributed by atoms with E-state index in [1.807, 2.05) is 32.2 Å². The van der Waals surface area contributed by atoms with Gasteiger partial charge in [-0.3, -0.25) is 9.36 Å². The van der Waals surface area contributed by atoms with Crippen molar-refractivity contribution in [2.24, 2.45) is 7.05 Å². The van der Waals surface area contributed by atoms with Crippen molar-refractivity contribution in [3.63, 3.8) is 0 Å². The molecule has 3 aromatic rings. The summed E-state index contributed by atoms with van der Waals surface area (Å²) in [6, 6.07) is 3.62. The summed E-state index contributed by atoms with van der Waals surface area (Å²) in [4.78, 5) is 29.4. The Bertz CT molecular complexity index is 1160. The fraction of sp³-hybridized carbons (Fsp3) is 0.478. The molecule has 0 amide bonds. The second-order valence-corrected chi connectivity index (χ2v) is 8.80. The van der Waals surface area contributed by atoms with Crippen LogP contribution in [0.2, 0.25) is 0 Å². The van der Waals surface area contributed by atoms with Gasteiger partial charge < -0.3 is 19.7 Å². The van der Waals surface area contributed by atoms with Gasteiger partial charge in [0.15, 0.2) is 5.13 Å². The van der Waals surface area contributed by atoms with Gasteiger partial charge in [-0.1, -0.05) is 6.92 Å². The quantitative estimate of drug-likeness (QED) is 0.537. The SMILES string of the molecule is CCO[C@H]1CN(c2nccs2)CC1Nc1c(CC)nc(-c2ccc(OC)nc2C)n(C)c1=O. The molecule has 0 radical (unpaired) electrons. The molecule has 1 aliphatic heterocycles. The van der Waals surface area contributed by atoms with Crippen molar-refractivity contribution in [2.45, 2.75) is 39.3 Å². The van der Waals surface area contributed by atoms with Gasteiger partial charge in [-0.05, 0) is 26.3 Å². The van der Waals surface area contributed by atoms with E-state index >= 15 is 0 Å². The van der Waals surface area contributed by atoms with Gasteiger partial charge in [-0.15, -0.1) is 11.3 Å². The van der Waals surface area contributed by atoms with E-state index in [1.165, 1.54) is 0 Å². The number of nitrogens with zero attached hydrogens (tertiary/aromatic N) is 5. The maximum absolute atomic E-state index is 13.5. The molecule has 0 saturated carbocycles. The minimum absolute atomic E-state index is 0.0520. The monoisotopic (exact) mass is 470 g/mol. The van der Waals surface area contributed by atoms with E-state index in [4.69, 9.17) is 14.5 Å². The van der Waals surface area contributed by atoms with E-state index < -0.39 is 0 Å². The maximum Gasteiger partial charge on any atom is 0.277 e. The Kier molecular flexibility index (Phi) is 6.94. The molecule has 1 aliphatic rings. The number of thiazole rings is 1. The van der Waals surface area contributed by atoms with E-state index in [1.54, 1.807) is 42.3 Å². The van der Waals surface area contributed by atoms with Gasteiger partial charge in [0.1, 0.15) is 11.5 Å². The number of nitrogens with one attached hydrogen (secondary N) is 1. The molecular formula is C23H30N6O3S. The molecule has 0 spiro atoms. The van der Waals surface area contributed by atoms with Gasteiger partial charge in [0.2, 0.25) is 5.88 Å². The van der Waals surface area contributed by atoms with Crippen LogP contribution in [0.5, 0.6) is 5.88 Å². The molecule has 176 valence electrons. The van der Waals surface area contributed by atoms with Crippen molar-refractivity contribution in [1.82, 2.24) is 19.5 Å². The number of pyridine rings is 1. The summed E-state index contributed by atoms with van der Waals surface area (Å²) in [5, 5.41) is 6.42. The fourth-order valence-electron chi connectivity index (χ4n) is 4.19. The van der Waals surface area contributed by atoms with Crippen molar-refractivity contribution in [2.75, 3.05) is 37.0 Å². The second-order valence-electron chi connectivity index (χ2n) is 7.93. The van der Waals surface area contributed by atoms with Crippen LogP contribution < -0.4 is 20.5 Å². The van der Waals surface area contributed by atoms with Gasteiger partial charge >= 0.3 is 0 Å². The van der Waals surface area contributed by atoms with Crippen molar-refractivity contribution in [3.05, 3.63) is 45.5 Å². The average molecular weight is 471 g/mol. The van der Waals surface area contributed by atoms with E-state index in [0.29, 0.717) is 37.0 Å². The normalized spacial score (nSPS) is 18.0. The zero-order chi connectivity index (χ0) is 23.5. The summed E-state index contributed by atoms with van der Waals surface area (Å²) in [6.45, 7) is 7.92. The van der Waals surface area contributed by atoms with Crippen LogP contribution >= 0.6 is 11.3 Å². The van der Waals surface area contributed by atoms with Gasteiger partial charge in [0.05, 0.1) is 30.6 Å². The molecule has 10 heteroatoms. The summed E-state index contributed by atoms with van der Waals surface area (Å²) < 4.78 is 12.8. The lowest BCUT2D eigenvalue weighted by Gasteiger charge is -2.22. The van der Waals surface area contributed by atoms with Gasteiger partial charge in [-0.25, -0.2) is 15.0 Å². The third-order valence-electron chi connectivity index (χ3n) is 5.88. The van der Waals surface area contributed by atoms with Crippen molar-refractivity contribution in [1.29, 1.82) is 0 Å². The van der Waals surface area contributed by atoms with Crippen LogP contribution in [0.4, 0.5) is 10.8 Å². The zero-order valence-electron chi connectivity index (χ0n) is 19.7. The summed E-state index contributed by atoms with van der Waals surface area (Å²) in [5.41, 5.74) is 2.70. The number of hydrogen-bond acceptors (Lipinski definition) is 9. The van der Waals surface area contributed by atoms with Crippen molar-refractivity contribution >= 4 is 22.2 Å². The van der Waals surface area contributed by atoms with Crippen LogP contribution in [-0.4, -0.2) is 58.5 Å². The summed E-state index contributed by atoms with van der Waals surface area (Å²) in [6.07, 6.45) is 2.37. The minimum atomic E-state index is -0.116. The molecular weight excluding hydrogens is 440 g/mol. The maximum atomic E-state index is 13.5. The molecule has 33 heavy (non-hydrogen) atoms. The Balaban J connectivity index is 1.68. The van der Waals surface area contributed by atoms with E-state index in [9.17, 15) is 4.79 Å². The highest BCUT2D eigenvalue weighted by Crippen LogP contribution is 2.27. The number of ether oxygens (including phenoxy) is 2. The fourth-order valence-corrected chi connectivity index (χ4v) is 4.85. The average Bonchev–Trinajstić information content (AvgIpc) is 3.48. The first kappa shape index (κ1) is 23.2. The third-order valence-corrected chi connectivity index (χ3v) is 6.71. The first-order valence-electron chi connectivity index (χ1n) is 11.1. The smallest absolute Gasteiger partial charge is 0.277 e. The highest BCUT2D eigenvalue weighted by Gasteiger charge is 2.35. The van der Waals surface area contributed by atoms with Gasteiger partial charge in [0.25, 0.3) is 5.56 Å². The molecule has 1 fully saturated rings. The molecule has 2 atom stereocenters. The Labute approximate surface area is 197 Å². The van der Waals surface area contributed by atoms with Crippen LogP contribution in [0.15, 0.2) is 28.5 Å². The van der Waals surface area contributed by atoms with E-state index in [-0.39, 0.29) is 17.7 Å². The van der Waals surface area contributed by atoms with Gasteiger partial charge in [0, 0.05) is 50.0 Å². The Morgan fingerprint density at radius 1 is 1.24 bits per heavy atom. The number of anilines is 2. The number of rotatable bonds is 8. The zero-order valence-corrected chi connectivity index (χ0v) is 20.5. The number of aromatic nitrogens is 4. The molecule has 3 aromatic heterocycles. The summed E-state index contributed by atoms with van der Waals surface area (Å²) in [5.74, 6) is 1.12. The summed E-state index contributed by atoms with van der Waals surface area (Å²) in [7, 11) is 3.33. The number of methoxy groups -OCH3 is 1. The molecule has 1 N–H and O–H groups in total. The lowest BCUT2D eigenvalue weighted by Crippen LogP contribution is -2.38. The number of hydrogen-bond donors (Lipinski definition) is 1. The molecule has 0 aliphatic carbocycles. The van der Waals surface area contributed by atoms with Crippen LogP contribution in [0.25, 0.3) is 11.4 Å². The molecule has 4 rings (SSSR count). The molecule has 0 aromatic carbocycles. The Morgan fingerprint density at radius 2 is 2.06 bits per heavy atom. The predicted octanol–water partition coefficient (Wildman–Crippen LogP) is 2.88. The lowest BCUT2D eigenvalue weighted by atomic mass is 10.1. The molecule has 9 nitrogen and oxygen atoms in total. The van der Waals surface area contributed by atoms with Crippen LogP contribution in [0.3, 0.4) is 0 Å². The molecule has 4 heterocycles.